The number of carbonyl (C=O) groups excluding carboxylic acids is 4. The third-order valence-corrected chi connectivity index (χ3v) is 13.4. The first kappa shape index (κ1) is 36.5. The van der Waals surface area contributed by atoms with Crippen LogP contribution in [0.2, 0.25) is 0 Å². The van der Waals surface area contributed by atoms with Gasteiger partial charge in [0.1, 0.15) is 24.1 Å². The number of phenols is 1. The summed E-state index contributed by atoms with van der Waals surface area (Å²) in [6.45, 7) is 6.22. The van der Waals surface area contributed by atoms with Crippen molar-refractivity contribution in [2.45, 2.75) is 56.1 Å². The monoisotopic (exact) mass is 780 g/mol. The van der Waals surface area contributed by atoms with Crippen LogP contribution in [0.4, 0.5) is 11.4 Å². The van der Waals surface area contributed by atoms with Crippen molar-refractivity contribution in [2.24, 2.45) is 0 Å². The summed E-state index contributed by atoms with van der Waals surface area (Å²) in [6, 6.07) is 28.8. The summed E-state index contributed by atoms with van der Waals surface area (Å²) in [5.74, 6) is 0.770. The molecule has 0 saturated carbocycles. The van der Waals surface area contributed by atoms with Gasteiger partial charge in [-0.05, 0) is 83.8 Å². The van der Waals surface area contributed by atoms with E-state index in [1.165, 1.54) is 27.9 Å². The Hall–Kier alpha value is -5.88. The number of nitrogens with zero attached hydrogens (tertiary/aromatic N) is 5. The largest absolute Gasteiger partial charge is 0.508 e. The van der Waals surface area contributed by atoms with Gasteiger partial charge in [-0.2, -0.15) is 0 Å². The standard InChI is InChI=1S/C46H48N6O6/c53-34-11-13-36-31(24-34)8-12-35(29-4-2-1-3-5-29)43(36)30-6-9-32(10-7-30)49-20-18-48(19-21-49)27-42(55)50-22-23-51-33(25-50)28-58-44-38-26-52(40-16-17-41(54)47-45(40)56)46(57)37(38)14-15-39(44)51/h1-7,9-11,13-15,24,33,35,40,43,53H,8,12,16-23,25-28H2,(H,47,54,56)/t33-,35-,40?,43+/m1/s1. The van der Waals surface area contributed by atoms with Crippen LogP contribution in [-0.4, -0.2) is 114 Å². The van der Waals surface area contributed by atoms with Crippen molar-refractivity contribution in [3.8, 4) is 11.5 Å². The van der Waals surface area contributed by atoms with E-state index in [0.29, 0.717) is 62.2 Å². The fraction of sp³-hybridized carbons (Fsp3) is 0.391. The number of amides is 4. The van der Waals surface area contributed by atoms with Gasteiger partial charge in [0, 0.05) is 75.0 Å². The van der Waals surface area contributed by atoms with Crippen LogP contribution in [0.25, 0.3) is 0 Å². The van der Waals surface area contributed by atoms with Crippen LogP contribution in [-0.2, 0) is 27.3 Å². The quantitative estimate of drug-likeness (QED) is 0.277. The third kappa shape index (κ3) is 6.53. The maximum absolute atomic E-state index is 13.7. The molecule has 0 spiro atoms. The summed E-state index contributed by atoms with van der Waals surface area (Å²) in [7, 11) is 0. The van der Waals surface area contributed by atoms with Crippen LogP contribution in [0, 0.1) is 0 Å². The zero-order valence-corrected chi connectivity index (χ0v) is 32.5. The maximum Gasteiger partial charge on any atom is 0.255 e. The molecule has 4 atom stereocenters. The molecular formula is C46H48N6O6. The van der Waals surface area contributed by atoms with Gasteiger partial charge >= 0.3 is 0 Å². The van der Waals surface area contributed by atoms with Crippen LogP contribution in [0.1, 0.15) is 69.3 Å². The number of piperazine rings is 2. The van der Waals surface area contributed by atoms with Gasteiger partial charge in [0.15, 0.2) is 0 Å². The van der Waals surface area contributed by atoms with Crippen LogP contribution < -0.4 is 19.9 Å². The van der Waals surface area contributed by atoms with Gasteiger partial charge in [-0.25, -0.2) is 0 Å². The number of anilines is 2. The van der Waals surface area contributed by atoms with E-state index < -0.39 is 11.9 Å². The molecule has 0 radical (unpaired) electrons. The molecule has 0 bridgehead atoms. The van der Waals surface area contributed by atoms with Crippen molar-refractivity contribution in [1.82, 2.24) is 20.0 Å². The van der Waals surface area contributed by atoms with Crippen LogP contribution >= 0.6 is 0 Å². The summed E-state index contributed by atoms with van der Waals surface area (Å²) >= 11 is 0. The van der Waals surface area contributed by atoms with Crippen LogP contribution in [0.3, 0.4) is 0 Å². The van der Waals surface area contributed by atoms with E-state index in [0.717, 1.165) is 50.3 Å². The van der Waals surface area contributed by atoms with Crippen molar-refractivity contribution in [2.75, 3.05) is 68.8 Å². The number of piperidine rings is 1. The minimum atomic E-state index is -0.675. The molecule has 4 aromatic rings. The lowest BCUT2D eigenvalue weighted by atomic mass is 9.69. The van der Waals surface area contributed by atoms with Gasteiger partial charge in [-0.15, -0.1) is 0 Å². The first-order chi connectivity index (χ1) is 28.3. The molecule has 12 nitrogen and oxygen atoms in total. The number of imide groups is 1. The van der Waals surface area contributed by atoms with E-state index in [9.17, 15) is 24.3 Å². The molecule has 4 amide bonds. The summed E-state index contributed by atoms with van der Waals surface area (Å²) in [5.41, 5.74) is 8.61. The van der Waals surface area contributed by atoms with E-state index in [4.69, 9.17) is 4.74 Å². The smallest absolute Gasteiger partial charge is 0.255 e. The lowest BCUT2D eigenvalue weighted by Crippen LogP contribution is -2.60. The van der Waals surface area contributed by atoms with Gasteiger partial charge in [0.05, 0.1) is 24.8 Å². The fourth-order valence-corrected chi connectivity index (χ4v) is 10.3. The molecule has 3 saturated heterocycles. The van der Waals surface area contributed by atoms with E-state index in [-0.39, 0.29) is 42.6 Å². The van der Waals surface area contributed by atoms with Crippen molar-refractivity contribution in [3.05, 3.63) is 118 Å². The summed E-state index contributed by atoms with van der Waals surface area (Å²) < 4.78 is 6.34. The molecular weight excluding hydrogens is 733 g/mol. The fourth-order valence-electron chi connectivity index (χ4n) is 10.3. The first-order valence-corrected chi connectivity index (χ1v) is 20.7. The average Bonchev–Trinajstić information content (AvgIpc) is 3.59. The van der Waals surface area contributed by atoms with E-state index in [2.05, 4.69) is 80.7 Å². The number of rotatable bonds is 6. The maximum atomic E-state index is 13.7. The molecule has 5 heterocycles. The molecule has 4 aromatic carbocycles. The molecule has 10 rings (SSSR count). The predicted molar refractivity (Wildman–Crippen MR) is 218 cm³/mol. The predicted octanol–water partition coefficient (Wildman–Crippen LogP) is 4.25. The second-order valence-electron chi connectivity index (χ2n) is 16.6. The Morgan fingerprint density at radius 2 is 1.62 bits per heavy atom. The molecule has 1 unspecified atom stereocenters. The average molecular weight is 781 g/mol. The number of ether oxygens (including phenoxy) is 1. The Kier molecular flexibility index (Phi) is 9.31. The number of hydrogen-bond donors (Lipinski definition) is 2. The lowest BCUT2D eigenvalue weighted by molar-refractivity contribution is -0.137. The number of nitrogens with one attached hydrogen (secondary N) is 1. The van der Waals surface area contributed by atoms with Gasteiger partial charge in [-0.3, -0.25) is 29.4 Å². The molecule has 58 heavy (non-hydrogen) atoms. The highest BCUT2D eigenvalue weighted by Crippen LogP contribution is 2.47. The lowest BCUT2D eigenvalue weighted by Gasteiger charge is -2.46. The highest BCUT2D eigenvalue weighted by atomic mass is 16.5. The normalized spacial score (nSPS) is 24.4. The number of aryl methyl sites for hydroxylation is 1. The first-order valence-electron chi connectivity index (χ1n) is 20.7. The Morgan fingerprint density at radius 1 is 0.810 bits per heavy atom. The van der Waals surface area contributed by atoms with E-state index >= 15 is 0 Å². The molecule has 2 N–H and O–H groups in total. The molecule has 12 heteroatoms. The number of hydrogen-bond acceptors (Lipinski definition) is 9. The van der Waals surface area contributed by atoms with Gasteiger partial charge in [0.2, 0.25) is 17.7 Å². The number of aromatic hydroxyl groups is 1. The summed E-state index contributed by atoms with van der Waals surface area (Å²) in [5, 5.41) is 12.6. The van der Waals surface area contributed by atoms with Crippen LogP contribution in [0.5, 0.6) is 11.5 Å². The van der Waals surface area contributed by atoms with Crippen molar-refractivity contribution >= 4 is 35.0 Å². The minimum absolute atomic E-state index is 0.00335. The number of phenolic OH excluding ortho intramolecular Hbond substituents is 1. The molecule has 298 valence electrons. The summed E-state index contributed by atoms with van der Waals surface area (Å²) in [4.78, 5) is 61.8. The molecule has 6 aliphatic rings. The Balaban J connectivity index is 0.748. The van der Waals surface area contributed by atoms with Gasteiger partial charge in [-0.1, -0.05) is 48.5 Å². The van der Waals surface area contributed by atoms with Crippen LogP contribution in [0.15, 0.2) is 84.9 Å². The number of carbonyl (C=O) groups is 4. The number of fused-ring (bicyclic) bond motifs is 6. The van der Waals surface area contributed by atoms with Crippen molar-refractivity contribution < 1.29 is 29.0 Å². The molecule has 0 aromatic heterocycles. The third-order valence-electron chi connectivity index (χ3n) is 13.4. The Labute approximate surface area is 337 Å². The topological polar surface area (TPSA) is 126 Å². The molecule has 5 aliphatic heterocycles. The van der Waals surface area contributed by atoms with Gasteiger partial charge < -0.3 is 29.4 Å². The zero-order valence-electron chi connectivity index (χ0n) is 32.5. The molecule has 3 fully saturated rings. The van der Waals surface area contributed by atoms with Crippen molar-refractivity contribution in [3.63, 3.8) is 0 Å². The Morgan fingerprint density at radius 3 is 2.41 bits per heavy atom. The highest BCUT2D eigenvalue weighted by Gasteiger charge is 2.43. The van der Waals surface area contributed by atoms with E-state index in [1.54, 1.807) is 4.90 Å². The second kappa shape index (κ2) is 14.8. The SMILES string of the molecule is O=C1CCC(N2Cc3c(ccc4c3OC[C@H]3CN(C(=O)CN5CCN(c6ccc([C@@H]7c8ccc(O)cc8CC[C@@H]7c7ccccc7)cc6)CC5)CCN43)C2=O)C(=O)N1. The van der Waals surface area contributed by atoms with E-state index in [1.807, 2.05) is 29.2 Å². The highest BCUT2D eigenvalue weighted by molar-refractivity contribution is 6.06. The van der Waals surface area contributed by atoms with Crippen molar-refractivity contribution in [1.29, 1.82) is 0 Å². The zero-order chi connectivity index (χ0) is 39.5. The minimum Gasteiger partial charge on any atom is -0.508 e. The summed E-state index contributed by atoms with van der Waals surface area (Å²) in [6.07, 6.45) is 2.51. The number of benzene rings is 4. The Bertz CT molecular complexity index is 2270. The van der Waals surface area contributed by atoms with Gasteiger partial charge in [0.25, 0.3) is 5.91 Å². The second-order valence-corrected chi connectivity index (χ2v) is 16.6. The molecule has 1 aliphatic carbocycles.